The van der Waals surface area contributed by atoms with Crippen molar-refractivity contribution in [1.29, 1.82) is 0 Å². The molecule has 5 rings (SSSR count). The van der Waals surface area contributed by atoms with Gasteiger partial charge in [-0.2, -0.15) is 13.2 Å². The standard InChI is InChI=1S/C27H19F3N6O2/c1-16-9-10-19(14-21(16)35-26-32-13-11-20(34-26)18-8-5-12-31-15-18)33-24(37)22-23(27(28,29)30)38-25(36-22)17-6-3-2-4-7-17/h2-15H,1H3,(H,33,37)(H,32,34,35). The topological polar surface area (TPSA) is 106 Å². The van der Waals surface area contributed by atoms with Gasteiger partial charge in [-0.05, 0) is 55.0 Å². The van der Waals surface area contributed by atoms with Crippen LogP contribution in [0.15, 0.2) is 89.7 Å². The zero-order valence-corrected chi connectivity index (χ0v) is 19.8. The normalized spacial score (nSPS) is 11.3. The summed E-state index contributed by atoms with van der Waals surface area (Å²) in [6.45, 7) is 1.82. The Kier molecular flexibility index (Phi) is 6.56. The molecule has 3 heterocycles. The number of nitrogens with one attached hydrogen (secondary N) is 2. The minimum atomic E-state index is -4.91. The minimum absolute atomic E-state index is 0.240. The molecule has 8 nitrogen and oxygen atoms in total. The Labute approximate surface area is 214 Å². The van der Waals surface area contributed by atoms with Gasteiger partial charge in [-0.3, -0.25) is 9.78 Å². The fraction of sp³-hybridized carbons (Fsp3) is 0.0741. The average Bonchev–Trinajstić information content (AvgIpc) is 3.39. The first-order valence-corrected chi connectivity index (χ1v) is 11.3. The van der Waals surface area contributed by atoms with E-state index >= 15 is 0 Å². The molecule has 11 heteroatoms. The second-order valence-electron chi connectivity index (χ2n) is 8.18. The van der Waals surface area contributed by atoms with E-state index in [0.717, 1.165) is 11.1 Å². The highest BCUT2D eigenvalue weighted by molar-refractivity contribution is 6.04. The summed E-state index contributed by atoms with van der Waals surface area (Å²) in [7, 11) is 0. The van der Waals surface area contributed by atoms with Crippen molar-refractivity contribution < 1.29 is 22.4 Å². The fourth-order valence-electron chi connectivity index (χ4n) is 3.61. The molecular formula is C27H19F3N6O2. The molecule has 5 aromatic rings. The minimum Gasteiger partial charge on any atom is -0.431 e. The number of hydrogen-bond acceptors (Lipinski definition) is 7. The summed E-state index contributed by atoms with van der Waals surface area (Å²) < 4.78 is 45.9. The van der Waals surface area contributed by atoms with Crippen LogP contribution in [-0.4, -0.2) is 25.8 Å². The summed E-state index contributed by atoms with van der Waals surface area (Å²) in [5, 5.41) is 5.56. The van der Waals surface area contributed by atoms with Gasteiger partial charge in [0.2, 0.25) is 17.6 Å². The molecule has 0 aliphatic heterocycles. The van der Waals surface area contributed by atoms with Crippen LogP contribution in [-0.2, 0) is 6.18 Å². The van der Waals surface area contributed by atoms with Gasteiger partial charge in [-0.1, -0.05) is 24.3 Å². The van der Waals surface area contributed by atoms with Crippen molar-refractivity contribution in [2.45, 2.75) is 13.1 Å². The lowest BCUT2D eigenvalue weighted by molar-refractivity contribution is -0.153. The van der Waals surface area contributed by atoms with Crippen LogP contribution in [0.4, 0.5) is 30.5 Å². The van der Waals surface area contributed by atoms with Gasteiger partial charge in [0.15, 0.2) is 5.69 Å². The van der Waals surface area contributed by atoms with Crippen LogP contribution in [0, 0.1) is 6.92 Å². The van der Waals surface area contributed by atoms with Crippen molar-refractivity contribution in [1.82, 2.24) is 19.9 Å². The predicted octanol–water partition coefficient (Wildman–Crippen LogP) is 6.52. The second-order valence-corrected chi connectivity index (χ2v) is 8.18. The van der Waals surface area contributed by atoms with Crippen molar-refractivity contribution in [3.8, 4) is 22.7 Å². The molecule has 1 amide bonds. The van der Waals surface area contributed by atoms with Crippen molar-refractivity contribution in [2.75, 3.05) is 10.6 Å². The first-order valence-electron chi connectivity index (χ1n) is 11.3. The number of oxazole rings is 1. The summed E-state index contributed by atoms with van der Waals surface area (Å²) in [5.41, 5.74) is 2.49. The maximum Gasteiger partial charge on any atom is 0.452 e. The molecule has 0 saturated carbocycles. The number of halogens is 3. The Morgan fingerprint density at radius 1 is 0.921 bits per heavy atom. The largest absolute Gasteiger partial charge is 0.452 e. The lowest BCUT2D eigenvalue weighted by Gasteiger charge is -2.12. The number of anilines is 3. The van der Waals surface area contributed by atoms with E-state index in [1.54, 1.807) is 67.1 Å². The van der Waals surface area contributed by atoms with Gasteiger partial charge in [0.1, 0.15) is 0 Å². The Balaban J connectivity index is 1.40. The first kappa shape index (κ1) is 24.6. The lowest BCUT2D eigenvalue weighted by Crippen LogP contribution is -2.18. The van der Waals surface area contributed by atoms with E-state index in [-0.39, 0.29) is 11.6 Å². The highest BCUT2D eigenvalue weighted by Gasteiger charge is 2.42. The molecule has 0 atom stereocenters. The molecule has 0 radical (unpaired) electrons. The molecule has 2 aromatic carbocycles. The molecule has 2 N–H and O–H groups in total. The molecule has 0 aliphatic carbocycles. The number of nitrogens with zero attached hydrogens (tertiary/aromatic N) is 4. The van der Waals surface area contributed by atoms with E-state index in [1.807, 2.05) is 13.0 Å². The van der Waals surface area contributed by atoms with Crippen LogP contribution in [0.3, 0.4) is 0 Å². The molecule has 190 valence electrons. The quantitative estimate of drug-likeness (QED) is 0.265. The number of alkyl halides is 3. The zero-order valence-electron chi connectivity index (χ0n) is 19.8. The summed E-state index contributed by atoms with van der Waals surface area (Å²) in [5.74, 6) is -2.55. The van der Waals surface area contributed by atoms with Crippen LogP contribution in [0.25, 0.3) is 22.7 Å². The van der Waals surface area contributed by atoms with Crippen molar-refractivity contribution >= 4 is 23.2 Å². The molecule has 0 bridgehead atoms. The molecule has 0 aliphatic rings. The number of rotatable bonds is 6. The van der Waals surface area contributed by atoms with Gasteiger partial charge in [-0.25, -0.2) is 15.0 Å². The van der Waals surface area contributed by atoms with Crippen molar-refractivity contribution in [3.63, 3.8) is 0 Å². The van der Waals surface area contributed by atoms with Gasteiger partial charge in [0.05, 0.1) is 5.69 Å². The van der Waals surface area contributed by atoms with E-state index in [9.17, 15) is 18.0 Å². The van der Waals surface area contributed by atoms with Crippen molar-refractivity contribution in [3.05, 3.63) is 102 Å². The zero-order chi connectivity index (χ0) is 26.7. The number of carbonyl (C=O) groups excluding carboxylic acids is 1. The van der Waals surface area contributed by atoms with Crippen LogP contribution < -0.4 is 10.6 Å². The maximum absolute atomic E-state index is 13.6. The highest BCUT2D eigenvalue weighted by atomic mass is 19.4. The monoisotopic (exact) mass is 516 g/mol. The van der Waals surface area contributed by atoms with Gasteiger partial charge >= 0.3 is 6.18 Å². The highest BCUT2D eigenvalue weighted by Crippen LogP contribution is 2.36. The maximum atomic E-state index is 13.6. The molecule has 38 heavy (non-hydrogen) atoms. The molecular weight excluding hydrogens is 497 g/mol. The van der Waals surface area contributed by atoms with Crippen LogP contribution in [0.2, 0.25) is 0 Å². The number of pyridine rings is 1. The molecule has 0 fully saturated rings. The van der Waals surface area contributed by atoms with E-state index in [4.69, 9.17) is 4.42 Å². The van der Waals surface area contributed by atoms with Crippen LogP contribution >= 0.6 is 0 Å². The number of amides is 1. The molecule has 3 aromatic heterocycles. The van der Waals surface area contributed by atoms with E-state index in [0.29, 0.717) is 22.9 Å². The summed E-state index contributed by atoms with van der Waals surface area (Å²) in [6.07, 6.45) is 0.0115. The van der Waals surface area contributed by atoms with Gasteiger partial charge in [0.25, 0.3) is 5.91 Å². The number of benzene rings is 2. The number of aromatic nitrogens is 4. The third kappa shape index (κ3) is 5.36. The molecule has 0 saturated heterocycles. The summed E-state index contributed by atoms with van der Waals surface area (Å²) >= 11 is 0. The SMILES string of the molecule is Cc1ccc(NC(=O)c2nc(-c3ccccc3)oc2C(F)(F)F)cc1Nc1nccc(-c2cccnc2)n1. The Hall–Kier alpha value is -5.06. The van der Waals surface area contributed by atoms with Gasteiger partial charge < -0.3 is 15.1 Å². The Bertz CT molecular complexity index is 1590. The average molecular weight is 516 g/mol. The second kappa shape index (κ2) is 10.1. The third-order valence-corrected chi connectivity index (χ3v) is 5.48. The smallest absolute Gasteiger partial charge is 0.431 e. The number of carbonyl (C=O) groups is 1. The van der Waals surface area contributed by atoms with E-state index in [2.05, 4.69) is 30.6 Å². The fourth-order valence-corrected chi connectivity index (χ4v) is 3.61. The lowest BCUT2D eigenvalue weighted by atomic mass is 10.1. The molecule has 0 unspecified atom stereocenters. The Morgan fingerprint density at radius 3 is 2.45 bits per heavy atom. The third-order valence-electron chi connectivity index (χ3n) is 5.48. The predicted molar refractivity (Wildman–Crippen MR) is 135 cm³/mol. The van der Waals surface area contributed by atoms with Gasteiger partial charge in [0, 0.05) is 41.1 Å². The van der Waals surface area contributed by atoms with E-state index in [1.165, 1.54) is 12.1 Å². The summed E-state index contributed by atoms with van der Waals surface area (Å²) in [6, 6.07) is 18.3. The first-order chi connectivity index (χ1) is 18.3. The summed E-state index contributed by atoms with van der Waals surface area (Å²) in [4.78, 5) is 29.6. The number of aryl methyl sites for hydroxylation is 1. The van der Waals surface area contributed by atoms with E-state index < -0.39 is 23.5 Å². The molecule has 0 spiro atoms. The van der Waals surface area contributed by atoms with Crippen molar-refractivity contribution in [2.24, 2.45) is 0 Å². The Morgan fingerprint density at radius 2 is 1.71 bits per heavy atom. The number of hydrogen-bond donors (Lipinski definition) is 2. The van der Waals surface area contributed by atoms with Crippen LogP contribution in [0.5, 0.6) is 0 Å². The van der Waals surface area contributed by atoms with Gasteiger partial charge in [-0.15, -0.1) is 0 Å². The van der Waals surface area contributed by atoms with Crippen LogP contribution in [0.1, 0.15) is 21.8 Å².